The van der Waals surface area contributed by atoms with Crippen LogP contribution in [0.1, 0.15) is 24.0 Å². The van der Waals surface area contributed by atoms with Crippen LogP contribution in [0.4, 0.5) is 10.5 Å². The maximum Gasteiger partial charge on any atom is 0.322 e. The zero-order chi connectivity index (χ0) is 19.9. The van der Waals surface area contributed by atoms with E-state index in [1.807, 2.05) is 36.1 Å². The van der Waals surface area contributed by atoms with Gasteiger partial charge in [0.15, 0.2) is 0 Å². The molecule has 1 saturated heterocycles. The maximum absolute atomic E-state index is 12.8. The number of methoxy groups -OCH3 is 1. The van der Waals surface area contributed by atoms with Crippen LogP contribution >= 0.6 is 0 Å². The predicted molar refractivity (Wildman–Crippen MR) is 114 cm³/mol. The molecule has 1 aliphatic heterocycles. The van der Waals surface area contributed by atoms with Gasteiger partial charge in [-0.1, -0.05) is 36.4 Å². The summed E-state index contributed by atoms with van der Waals surface area (Å²) in [7, 11) is 3.79. The van der Waals surface area contributed by atoms with Gasteiger partial charge in [0.05, 0.1) is 12.8 Å². The number of hydrogen-bond acceptors (Lipinski definition) is 3. The predicted octanol–water partition coefficient (Wildman–Crippen LogP) is 4.17. The molecule has 28 heavy (non-hydrogen) atoms. The molecule has 0 bridgehead atoms. The molecule has 3 rings (SSSR count). The van der Waals surface area contributed by atoms with E-state index in [1.54, 1.807) is 7.11 Å². The van der Waals surface area contributed by atoms with Crippen molar-refractivity contribution in [2.45, 2.75) is 32.2 Å². The number of aryl methyl sites for hydroxylation is 1. The monoisotopic (exact) mass is 381 g/mol. The Hall–Kier alpha value is -2.53. The van der Waals surface area contributed by atoms with Crippen molar-refractivity contribution in [3.05, 3.63) is 59.7 Å². The summed E-state index contributed by atoms with van der Waals surface area (Å²) < 4.78 is 5.38. The number of hydrogen-bond donors (Lipinski definition) is 1. The minimum absolute atomic E-state index is 0.0509. The minimum Gasteiger partial charge on any atom is -0.495 e. The lowest BCUT2D eigenvalue weighted by Gasteiger charge is -2.37. The molecule has 1 N–H and O–H groups in total. The third-order valence-corrected chi connectivity index (χ3v) is 5.50. The summed E-state index contributed by atoms with van der Waals surface area (Å²) in [6, 6.07) is 16.7. The molecule has 1 aliphatic rings. The van der Waals surface area contributed by atoms with Gasteiger partial charge in [-0.25, -0.2) is 4.79 Å². The molecule has 0 radical (unpaired) electrons. The molecule has 0 spiro atoms. The minimum atomic E-state index is -0.0509. The Morgan fingerprint density at radius 3 is 2.79 bits per heavy atom. The SMILES string of the molecule is COc1ccc(C)cc1NC(=O)N1CCCC(N(C)CCc2ccccc2)C1. The molecular formula is C23H31N3O2. The van der Waals surface area contributed by atoms with Crippen LogP contribution in [0.25, 0.3) is 0 Å². The summed E-state index contributed by atoms with van der Waals surface area (Å²) in [6.07, 6.45) is 3.18. The number of carbonyl (C=O) groups is 1. The van der Waals surface area contributed by atoms with Crippen molar-refractivity contribution in [2.24, 2.45) is 0 Å². The number of carbonyl (C=O) groups excluding carboxylic acids is 1. The van der Waals surface area contributed by atoms with Gasteiger partial charge in [0, 0.05) is 25.7 Å². The molecule has 1 unspecified atom stereocenters. The molecular weight excluding hydrogens is 350 g/mol. The van der Waals surface area contributed by atoms with E-state index in [1.165, 1.54) is 5.56 Å². The first-order valence-corrected chi connectivity index (χ1v) is 10.0. The molecule has 0 aliphatic carbocycles. The third-order valence-electron chi connectivity index (χ3n) is 5.50. The number of benzene rings is 2. The van der Waals surface area contributed by atoms with Crippen LogP contribution in [0.3, 0.4) is 0 Å². The highest BCUT2D eigenvalue weighted by Crippen LogP contribution is 2.26. The van der Waals surface area contributed by atoms with Crippen LogP contribution in [0.15, 0.2) is 48.5 Å². The fraction of sp³-hybridized carbons (Fsp3) is 0.435. The number of nitrogens with zero attached hydrogens (tertiary/aromatic N) is 2. The van der Waals surface area contributed by atoms with E-state index in [-0.39, 0.29) is 6.03 Å². The average Bonchev–Trinajstić information content (AvgIpc) is 2.73. The van der Waals surface area contributed by atoms with Gasteiger partial charge in [-0.2, -0.15) is 0 Å². The highest BCUT2D eigenvalue weighted by atomic mass is 16.5. The van der Waals surface area contributed by atoms with Crippen LogP contribution in [-0.4, -0.2) is 55.7 Å². The fourth-order valence-corrected chi connectivity index (χ4v) is 3.75. The van der Waals surface area contributed by atoms with Crippen LogP contribution in [-0.2, 0) is 6.42 Å². The van der Waals surface area contributed by atoms with Gasteiger partial charge < -0.3 is 19.9 Å². The van der Waals surface area contributed by atoms with Gasteiger partial charge in [0.25, 0.3) is 0 Å². The summed E-state index contributed by atoms with van der Waals surface area (Å²) >= 11 is 0. The Kier molecular flexibility index (Phi) is 6.93. The van der Waals surface area contributed by atoms with Crippen molar-refractivity contribution in [1.29, 1.82) is 0 Å². The molecule has 0 saturated carbocycles. The number of nitrogens with one attached hydrogen (secondary N) is 1. The van der Waals surface area contributed by atoms with Crippen molar-refractivity contribution >= 4 is 11.7 Å². The first-order chi connectivity index (χ1) is 13.6. The highest BCUT2D eigenvalue weighted by molar-refractivity contribution is 5.91. The lowest BCUT2D eigenvalue weighted by Crippen LogP contribution is -2.50. The summed E-state index contributed by atoms with van der Waals surface area (Å²) in [5.41, 5.74) is 3.17. The molecule has 150 valence electrons. The van der Waals surface area contributed by atoms with Gasteiger partial charge in [0.2, 0.25) is 0 Å². The Morgan fingerprint density at radius 1 is 1.25 bits per heavy atom. The summed E-state index contributed by atoms with van der Waals surface area (Å²) in [6.45, 7) is 4.55. The second-order valence-electron chi connectivity index (χ2n) is 7.59. The lowest BCUT2D eigenvalue weighted by atomic mass is 10.0. The van der Waals surface area contributed by atoms with E-state index >= 15 is 0 Å². The van der Waals surface area contributed by atoms with Crippen molar-refractivity contribution in [1.82, 2.24) is 9.80 Å². The Balaban J connectivity index is 1.56. The first-order valence-electron chi connectivity index (χ1n) is 10.0. The van der Waals surface area contributed by atoms with Crippen LogP contribution in [0, 0.1) is 6.92 Å². The van der Waals surface area contributed by atoms with Gasteiger partial charge in [-0.3, -0.25) is 0 Å². The number of amides is 2. The van der Waals surface area contributed by atoms with Gasteiger partial charge >= 0.3 is 6.03 Å². The molecule has 1 atom stereocenters. The standard InChI is InChI=1S/C23H31N3O2/c1-18-11-12-22(28-3)21(16-18)24-23(27)26-14-7-10-20(17-26)25(2)15-13-19-8-5-4-6-9-19/h4-6,8-9,11-12,16,20H,7,10,13-15,17H2,1-3H3,(H,24,27). The Bertz CT molecular complexity index is 779. The fourth-order valence-electron chi connectivity index (χ4n) is 3.75. The van der Waals surface area contributed by atoms with Gasteiger partial charge in [-0.05, 0) is 56.5 Å². The maximum atomic E-state index is 12.8. The van der Waals surface area contributed by atoms with Crippen molar-refractivity contribution in [2.75, 3.05) is 39.1 Å². The number of piperidine rings is 1. The molecule has 0 aromatic heterocycles. The number of urea groups is 1. The van der Waals surface area contributed by atoms with E-state index in [0.717, 1.165) is 50.1 Å². The second-order valence-corrected chi connectivity index (χ2v) is 7.59. The Morgan fingerprint density at radius 2 is 2.04 bits per heavy atom. The number of rotatable bonds is 6. The van der Waals surface area contributed by atoms with E-state index < -0.39 is 0 Å². The normalized spacial score (nSPS) is 16.9. The van der Waals surface area contributed by atoms with Crippen LogP contribution in [0.5, 0.6) is 5.75 Å². The van der Waals surface area contributed by atoms with E-state index in [2.05, 4.69) is 41.5 Å². The molecule has 1 heterocycles. The summed E-state index contributed by atoms with van der Waals surface area (Å²) in [5.74, 6) is 0.687. The van der Waals surface area contributed by atoms with Crippen molar-refractivity contribution in [3.63, 3.8) is 0 Å². The zero-order valence-corrected chi connectivity index (χ0v) is 17.1. The lowest BCUT2D eigenvalue weighted by molar-refractivity contribution is 0.133. The van der Waals surface area contributed by atoms with E-state index in [4.69, 9.17) is 4.74 Å². The molecule has 2 aromatic rings. The second kappa shape index (κ2) is 9.60. The van der Waals surface area contributed by atoms with Crippen molar-refractivity contribution < 1.29 is 9.53 Å². The van der Waals surface area contributed by atoms with E-state index in [9.17, 15) is 4.79 Å². The van der Waals surface area contributed by atoms with Gasteiger partial charge in [-0.15, -0.1) is 0 Å². The quantitative estimate of drug-likeness (QED) is 0.817. The Labute approximate surface area is 168 Å². The molecule has 5 heteroatoms. The van der Waals surface area contributed by atoms with Crippen molar-refractivity contribution in [3.8, 4) is 5.75 Å². The number of likely N-dealkylation sites (N-methyl/N-ethyl adjacent to an activating group) is 1. The average molecular weight is 382 g/mol. The number of anilines is 1. The highest BCUT2D eigenvalue weighted by Gasteiger charge is 2.26. The van der Waals surface area contributed by atoms with Crippen LogP contribution < -0.4 is 10.1 Å². The van der Waals surface area contributed by atoms with Crippen LogP contribution in [0.2, 0.25) is 0 Å². The molecule has 2 amide bonds. The summed E-state index contributed by atoms with van der Waals surface area (Å²) in [4.78, 5) is 17.1. The third kappa shape index (κ3) is 5.26. The molecule has 5 nitrogen and oxygen atoms in total. The topological polar surface area (TPSA) is 44.8 Å². The largest absolute Gasteiger partial charge is 0.495 e. The molecule has 2 aromatic carbocycles. The summed E-state index contributed by atoms with van der Waals surface area (Å²) in [5, 5.41) is 3.03. The molecule has 1 fully saturated rings. The van der Waals surface area contributed by atoms with E-state index in [0.29, 0.717) is 11.8 Å². The van der Waals surface area contributed by atoms with Gasteiger partial charge in [0.1, 0.15) is 5.75 Å². The number of likely N-dealkylation sites (tertiary alicyclic amines) is 1. The zero-order valence-electron chi connectivity index (χ0n) is 17.1. The number of ether oxygens (including phenoxy) is 1. The smallest absolute Gasteiger partial charge is 0.322 e. The first kappa shape index (κ1) is 20.2.